The molecule has 1 aliphatic rings. The van der Waals surface area contributed by atoms with Gasteiger partial charge in [-0.25, -0.2) is 4.68 Å². The maximum absolute atomic E-state index is 11.9. The summed E-state index contributed by atoms with van der Waals surface area (Å²) in [5.74, 6) is 1.50. The van der Waals surface area contributed by atoms with Gasteiger partial charge < -0.3 is 5.32 Å². The van der Waals surface area contributed by atoms with Gasteiger partial charge in [0.05, 0.1) is 6.20 Å². The fourth-order valence-corrected chi connectivity index (χ4v) is 3.66. The fourth-order valence-electron chi connectivity index (χ4n) is 3.66. The van der Waals surface area contributed by atoms with E-state index in [9.17, 15) is 4.79 Å². The molecule has 0 spiro atoms. The molecule has 1 fully saturated rings. The molecule has 0 bridgehead atoms. The average molecular weight is 341 g/mol. The third-order valence-corrected chi connectivity index (χ3v) is 4.64. The van der Waals surface area contributed by atoms with Crippen LogP contribution in [0.5, 0.6) is 0 Å². The van der Waals surface area contributed by atoms with Crippen LogP contribution in [0.3, 0.4) is 0 Å². The Labute approximate surface area is 149 Å². The van der Waals surface area contributed by atoms with Crippen molar-refractivity contribution in [3.05, 3.63) is 47.8 Å². The van der Waals surface area contributed by atoms with Crippen molar-refractivity contribution in [1.82, 2.24) is 25.2 Å². The molecule has 6 nitrogen and oxygen atoms in total. The maximum atomic E-state index is 11.9. The van der Waals surface area contributed by atoms with E-state index in [1.807, 2.05) is 0 Å². The first-order chi connectivity index (χ1) is 12.1. The number of nitrogens with one attached hydrogen (secondary N) is 1. The second-order valence-corrected chi connectivity index (χ2v) is 7.33. The molecule has 2 atom stereocenters. The monoisotopic (exact) mass is 341 g/mol. The summed E-state index contributed by atoms with van der Waals surface area (Å²) in [4.78, 5) is 14.4. The van der Waals surface area contributed by atoms with Crippen LogP contribution < -0.4 is 5.32 Å². The lowest BCUT2D eigenvalue weighted by molar-refractivity contribution is -0.122. The van der Waals surface area contributed by atoms with Crippen molar-refractivity contribution < 1.29 is 4.79 Å². The first-order valence-electron chi connectivity index (χ1n) is 8.99. The van der Waals surface area contributed by atoms with Crippen molar-refractivity contribution in [1.29, 1.82) is 0 Å². The Kier molecular flexibility index (Phi) is 5.81. The quantitative estimate of drug-likeness (QED) is 0.874. The molecule has 134 valence electrons. The van der Waals surface area contributed by atoms with Crippen LogP contribution in [0.1, 0.15) is 31.4 Å². The first-order valence-corrected chi connectivity index (χ1v) is 8.99. The molecular formula is C19H27N5O. The molecule has 1 aromatic heterocycles. The van der Waals surface area contributed by atoms with E-state index in [1.165, 1.54) is 29.8 Å². The van der Waals surface area contributed by atoms with Crippen molar-refractivity contribution in [2.45, 2.75) is 39.9 Å². The van der Waals surface area contributed by atoms with Crippen LogP contribution in [-0.2, 0) is 24.4 Å². The molecule has 1 saturated heterocycles. The number of carbonyl (C=O) groups excluding carboxylic acids is 1. The lowest BCUT2D eigenvalue weighted by Crippen LogP contribution is -2.38. The molecule has 2 heterocycles. The van der Waals surface area contributed by atoms with Crippen LogP contribution in [-0.4, -0.2) is 38.9 Å². The second kappa shape index (κ2) is 8.25. The summed E-state index contributed by atoms with van der Waals surface area (Å²) in [6.07, 6.45) is 4.58. The van der Waals surface area contributed by atoms with Gasteiger partial charge in [0.25, 0.3) is 0 Å². The molecule has 1 amide bonds. The number of likely N-dealkylation sites (tertiary alicyclic amines) is 1. The molecule has 1 N–H and O–H groups in total. The minimum Gasteiger partial charge on any atom is -0.350 e. The van der Waals surface area contributed by atoms with Crippen LogP contribution in [0, 0.1) is 11.8 Å². The second-order valence-electron chi connectivity index (χ2n) is 7.33. The largest absolute Gasteiger partial charge is 0.350 e. The first kappa shape index (κ1) is 17.6. The van der Waals surface area contributed by atoms with Crippen molar-refractivity contribution in [2.24, 2.45) is 11.8 Å². The van der Waals surface area contributed by atoms with Crippen LogP contribution in [0.25, 0.3) is 0 Å². The Morgan fingerprint density at radius 1 is 1.16 bits per heavy atom. The smallest absolute Gasteiger partial charge is 0.242 e. The van der Waals surface area contributed by atoms with E-state index in [0.717, 1.165) is 23.9 Å². The van der Waals surface area contributed by atoms with Gasteiger partial charge in [-0.3, -0.25) is 9.69 Å². The van der Waals surface area contributed by atoms with E-state index < -0.39 is 0 Å². The van der Waals surface area contributed by atoms with Gasteiger partial charge in [-0.05, 0) is 29.4 Å². The number of carbonyl (C=O) groups is 1. The highest BCUT2D eigenvalue weighted by molar-refractivity contribution is 5.75. The molecule has 2 aromatic rings. The number of piperidine rings is 1. The van der Waals surface area contributed by atoms with E-state index in [-0.39, 0.29) is 12.5 Å². The Morgan fingerprint density at radius 2 is 1.84 bits per heavy atom. The molecule has 1 aliphatic heterocycles. The Hall–Kier alpha value is -2.21. The van der Waals surface area contributed by atoms with Crippen molar-refractivity contribution in [2.75, 3.05) is 13.1 Å². The molecular weight excluding hydrogens is 314 g/mol. The SMILES string of the molecule is C[C@@H]1C[C@H](C)CN(Cc2ccc(CNC(=O)Cn3ccnn3)cc2)C1. The number of benzene rings is 1. The van der Waals surface area contributed by atoms with Gasteiger partial charge >= 0.3 is 0 Å². The molecule has 0 unspecified atom stereocenters. The molecule has 25 heavy (non-hydrogen) atoms. The minimum atomic E-state index is -0.0640. The van der Waals surface area contributed by atoms with Crippen LogP contribution >= 0.6 is 0 Å². The Bertz CT molecular complexity index is 658. The number of hydrogen-bond donors (Lipinski definition) is 1. The molecule has 1 aromatic carbocycles. The summed E-state index contributed by atoms with van der Waals surface area (Å²) in [7, 11) is 0. The van der Waals surface area contributed by atoms with Crippen LogP contribution in [0.15, 0.2) is 36.7 Å². The van der Waals surface area contributed by atoms with Gasteiger partial charge in [0, 0.05) is 32.4 Å². The number of hydrogen-bond acceptors (Lipinski definition) is 4. The number of nitrogens with zero attached hydrogens (tertiary/aromatic N) is 4. The average Bonchev–Trinajstić information content (AvgIpc) is 3.06. The topological polar surface area (TPSA) is 63.1 Å². The van der Waals surface area contributed by atoms with E-state index in [0.29, 0.717) is 6.54 Å². The normalized spacial score (nSPS) is 21.2. The van der Waals surface area contributed by atoms with Gasteiger partial charge in [0.2, 0.25) is 5.91 Å². The van der Waals surface area contributed by atoms with E-state index in [1.54, 1.807) is 12.4 Å². The molecule has 3 rings (SSSR count). The van der Waals surface area contributed by atoms with Gasteiger partial charge in [0.1, 0.15) is 6.54 Å². The van der Waals surface area contributed by atoms with Gasteiger partial charge in [-0.2, -0.15) is 0 Å². The Balaban J connectivity index is 1.46. The molecule has 0 aliphatic carbocycles. The van der Waals surface area contributed by atoms with E-state index >= 15 is 0 Å². The molecule has 6 heteroatoms. The zero-order valence-corrected chi connectivity index (χ0v) is 15.1. The zero-order valence-electron chi connectivity index (χ0n) is 15.1. The van der Waals surface area contributed by atoms with Gasteiger partial charge in [-0.15, -0.1) is 5.10 Å². The summed E-state index contributed by atoms with van der Waals surface area (Å²) in [6.45, 7) is 8.79. The van der Waals surface area contributed by atoms with E-state index in [2.05, 4.69) is 58.6 Å². The van der Waals surface area contributed by atoms with Gasteiger partial charge in [0.15, 0.2) is 0 Å². The van der Waals surface area contributed by atoms with Crippen molar-refractivity contribution in [3.8, 4) is 0 Å². The predicted octanol–water partition coefficient (Wildman–Crippen LogP) is 2.07. The summed E-state index contributed by atoms with van der Waals surface area (Å²) < 4.78 is 1.51. The Morgan fingerprint density at radius 3 is 2.48 bits per heavy atom. The third-order valence-electron chi connectivity index (χ3n) is 4.64. The number of rotatable bonds is 6. The summed E-state index contributed by atoms with van der Waals surface area (Å²) in [5.41, 5.74) is 2.44. The van der Waals surface area contributed by atoms with Crippen LogP contribution in [0.2, 0.25) is 0 Å². The number of aromatic nitrogens is 3. The lowest BCUT2D eigenvalue weighted by atomic mass is 9.91. The summed E-state index contributed by atoms with van der Waals surface area (Å²) in [6, 6.07) is 8.54. The van der Waals surface area contributed by atoms with Gasteiger partial charge in [-0.1, -0.05) is 43.3 Å². The molecule has 0 radical (unpaired) electrons. The lowest BCUT2D eigenvalue weighted by Gasteiger charge is -2.35. The summed E-state index contributed by atoms with van der Waals surface area (Å²) >= 11 is 0. The minimum absolute atomic E-state index is 0.0640. The van der Waals surface area contributed by atoms with E-state index in [4.69, 9.17) is 0 Å². The highest BCUT2D eigenvalue weighted by atomic mass is 16.2. The van der Waals surface area contributed by atoms with Crippen LogP contribution in [0.4, 0.5) is 0 Å². The number of amides is 1. The molecule has 0 saturated carbocycles. The maximum Gasteiger partial charge on any atom is 0.242 e. The summed E-state index contributed by atoms with van der Waals surface area (Å²) in [5, 5.41) is 10.4. The third kappa shape index (κ3) is 5.39. The highest BCUT2D eigenvalue weighted by Gasteiger charge is 2.21. The van der Waals surface area contributed by atoms with Crippen molar-refractivity contribution >= 4 is 5.91 Å². The standard InChI is InChI=1S/C19H27N5O/c1-15-9-16(2)12-23(11-15)13-18-5-3-17(4-6-18)10-20-19(25)14-24-8-7-21-22-24/h3-8,15-16H,9-14H2,1-2H3,(H,20,25)/t15-,16+. The highest BCUT2D eigenvalue weighted by Crippen LogP contribution is 2.22. The van der Waals surface area contributed by atoms with Crippen molar-refractivity contribution in [3.63, 3.8) is 0 Å². The zero-order chi connectivity index (χ0) is 17.6. The predicted molar refractivity (Wildman–Crippen MR) is 96.5 cm³/mol. The fraction of sp³-hybridized carbons (Fsp3) is 0.526.